The van der Waals surface area contributed by atoms with Crippen LogP contribution in [0.25, 0.3) is 0 Å². The Hall–Kier alpha value is -3.12. The average Bonchev–Trinajstić information content (AvgIpc) is 3.10. The van der Waals surface area contributed by atoms with Crippen LogP contribution >= 0.6 is 0 Å². The van der Waals surface area contributed by atoms with Crippen LogP contribution in [0.5, 0.6) is 0 Å². The van der Waals surface area contributed by atoms with Crippen LogP contribution < -0.4 is 10.8 Å². The Bertz CT molecular complexity index is 875. The summed E-state index contributed by atoms with van der Waals surface area (Å²) in [5.74, 6) is 5.78. The molecule has 0 aliphatic carbocycles. The predicted molar refractivity (Wildman–Crippen MR) is 101 cm³/mol. The van der Waals surface area contributed by atoms with Crippen molar-refractivity contribution in [2.24, 2.45) is 0 Å². The quantitative estimate of drug-likeness (QED) is 0.331. The fourth-order valence-electron chi connectivity index (χ4n) is 2.38. The second kappa shape index (κ2) is 9.71. The molecule has 2 aromatic rings. The van der Waals surface area contributed by atoms with E-state index in [-0.39, 0.29) is 5.56 Å². The number of nitrogens with zero attached hydrogens (tertiary/aromatic N) is 1. The van der Waals surface area contributed by atoms with Crippen molar-refractivity contribution in [2.45, 2.75) is 25.6 Å². The molecule has 2 rings (SSSR count). The van der Waals surface area contributed by atoms with Gasteiger partial charge in [0.25, 0.3) is 11.8 Å². The van der Waals surface area contributed by atoms with Crippen molar-refractivity contribution in [3.63, 3.8) is 0 Å². The fourth-order valence-corrected chi connectivity index (χ4v) is 2.38. The van der Waals surface area contributed by atoms with Crippen LogP contribution in [0.3, 0.4) is 0 Å². The molecule has 0 bridgehead atoms. The first-order chi connectivity index (χ1) is 13.3. The summed E-state index contributed by atoms with van der Waals surface area (Å²) in [7, 11) is 3.90. The van der Waals surface area contributed by atoms with Gasteiger partial charge in [-0.05, 0) is 63.3 Å². The van der Waals surface area contributed by atoms with E-state index >= 15 is 0 Å². The minimum absolute atomic E-state index is 0.285. The van der Waals surface area contributed by atoms with Gasteiger partial charge in [-0.25, -0.2) is 5.48 Å². The van der Waals surface area contributed by atoms with Gasteiger partial charge in [-0.3, -0.25) is 14.8 Å². The van der Waals surface area contributed by atoms with Crippen LogP contribution in [-0.2, 0) is 11.3 Å². The summed E-state index contributed by atoms with van der Waals surface area (Å²) in [5, 5.41) is 20.6. The summed E-state index contributed by atoms with van der Waals surface area (Å²) in [6.45, 7) is 2.02. The summed E-state index contributed by atoms with van der Waals surface area (Å²) in [5.41, 5.74) is 2.38. The summed E-state index contributed by atoms with van der Waals surface area (Å²) in [4.78, 5) is 25.7. The van der Waals surface area contributed by atoms with E-state index in [1.165, 1.54) is 12.4 Å². The van der Waals surface area contributed by atoms with Crippen molar-refractivity contribution in [3.05, 3.63) is 59.0 Å². The Morgan fingerprint density at radius 2 is 1.82 bits per heavy atom. The first-order valence-electron chi connectivity index (χ1n) is 8.58. The Morgan fingerprint density at radius 3 is 2.39 bits per heavy atom. The minimum Gasteiger partial charge on any atom is -0.451 e. The van der Waals surface area contributed by atoms with Crippen LogP contribution in [0.15, 0.2) is 40.8 Å². The number of hydroxylamine groups is 1. The number of amides is 2. The third-order valence-electron chi connectivity index (χ3n) is 3.77. The summed E-state index contributed by atoms with van der Waals surface area (Å²) < 4.78 is 5.62. The molecule has 8 heteroatoms. The number of aliphatic hydroxyl groups excluding tert-OH is 1. The summed E-state index contributed by atoms with van der Waals surface area (Å²) >= 11 is 0. The van der Waals surface area contributed by atoms with Crippen LogP contribution in [0.2, 0.25) is 0 Å². The molecule has 4 N–H and O–H groups in total. The zero-order valence-corrected chi connectivity index (χ0v) is 15.9. The average molecular weight is 385 g/mol. The fraction of sp³-hybridized carbons (Fsp3) is 0.300. The topological polar surface area (TPSA) is 115 Å². The molecule has 0 spiro atoms. The molecule has 8 nitrogen and oxygen atoms in total. The van der Waals surface area contributed by atoms with Crippen molar-refractivity contribution in [1.29, 1.82) is 0 Å². The van der Waals surface area contributed by atoms with Crippen molar-refractivity contribution < 1.29 is 24.3 Å². The molecule has 2 atom stereocenters. The lowest BCUT2D eigenvalue weighted by molar-refractivity contribution is -0.133. The molecule has 0 radical (unpaired) electrons. The van der Waals surface area contributed by atoms with E-state index in [0.717, 1.165) is 5.76 Å². The first kappa shape index (κ1) is 21.2. The maximum absolute atomic E-state index is 12.2. The lowest BCUT2D eigenvalue weighted by atomic mass is 10.1. The standard InChI is InChI=1S/C20H23N3O5/c1-13(24)18(20(26)22-27)21-19(25)15-7-4-14(5-8-15)6-9-16-10-11-17(28-16)12-23(2)3/h4-5,7-8,10-11,13,18,24,27H,12H2,1-3H3,(H,21,25)(H,22,26)/t13-,18+/m1/s1. The Balaban J connectivity index is 2.04. The number of hydrogen-bond acceptors (Lipinski definition) is 6. The van der Waals surface area contributed by atoms with Gasteiger partial charge in [0.05, 0.1) is 12.6 Å². The van der Waals surface area contributed by atoms with Gasteiger partial charge in [-0.1, -0.05) is 5.92 Å². The predicted octanol–water partition coefficient (Wildman–Crippen LogP) is 0.726. The second-order valence-corrected chi connectivity index (χ2v) is 6.50. The summed E-state index contributed by atoms with van der Waals surface area (Å²) in [6.07, 6.45) is -1.17. The zero-order valence-electron chi connectivity index (χ0n) is 15.9. The maximum atomic E-state index is 12.2. The first-order valence-corrected chi connectivity index (χ1v) is 8.58. The van der Waals surface area contributed by atoms with Crippen LogP contribution in [0.4, 0.5) is 0 Å². The number of rotatable bonds is 6. The van der Waals surface area contributed by atoms with Gasteiger partial charge in [0.15, 0.2) is 5.76 Å². The zero-order chi connectivity index (χ0) is 20.7. The number of nitrogens with one attached hydrogen (secondary N) is 2. The lowest BCUT2D eigenvalue weighted by Crippen LogP contribution is -2.51. The van der Waals surface area contributed by atoms with Crippen LogP contribution in [0.1, 0.15) is 34.4 Å². The minimum atomic E-state index is -1.27. The van der Waals surface area contributed by atoms with Crippen molar-refractivity contribution >= 4 is 11.8 Å². The molecule has 0 saturated heterocycles. The molecule has 148 valence electrons. The van der Waals surface area contributed by atoms with E-state index in [0.29, 0.717) is 17.9 Å². The van der Waals surface area contributed by atoms with E-state index in [9.17, 15) is 14.7 Å². The highest BCUT2D eigenvalue weighted by Crippen LogP contribution is 2.09. The third kappa shape index (κ3) is 5.96. The molecule has 28 heavy (non-hydrogen) atoms. The largest absolute Gasteiger partial charge is 0.451 e. The van der Waals surface area contributed by atoms with Crippen molar-refractivity contribution in [1.82, 2.24) is 15.7 Å². The lowest BCUT2D eigenvalue weighted by Gasteiger charge is -2.19. The molecular weight excluding hydrogens is 362 g/mol. The third-order valence-corrected chi connectivity index (χ3v) is 3.77. The number of carbonyl (C=O) groups is 2. The van der Waals surface area contributed by atoms with Crippen molar-refractivity contribution in [2.75, 3.05) is 14.1 Å². The Labute approximate surface area is 163 Å². The SMILES string of the molecule is C[C@@H](O)[C@H](NC(=O)c1ccc(C#Cc2ccc(CN(C)C)o2)cc1)C(=O)NO. The van der Waals surface area contributed by atoms with Gasteiger partial charge >= 0.3 is 0 Å². The van der Waals surface area contributed by atoms with Gasteiger partial charge < -0.3 is 19.7 Å². The van der Waals surface area contributed by atoms with E-state index in [4.69, 9.17) is 9.62 Å². The molecule has 0 aliphatic rings. The smallest absolute Gasteiger partial charge is 0.268 e. The maximum Gasteiger partial charge on any atom is 0.268 e. The second-order valence-electron chi connectivity index (χ2n) is 6.50. The van der Waals surface area contributed by atoms with Crippen LogP contribution in [-0.4, -0.2) is 53.3 Å². The number of aliphatic hydroxyl groups is 1. The van der Waals surface area contributed by atoms with Crippen molar-refractivity contribution in [3.8, 4) is 11.8 Å². The molecule has 0 saturated carbocycles. The highest BCUT2D eigenvalue weighted by molar-refractivity contribution is 5.97. The highest BCUT2D eigenvalue weighted by atomic mass is 16.5. The molecule has 0 unspecified atom stereocenters. The normalized spacial score (nSPS) is 12.6. The summed E-state index contributed by atoms with van der Waals surface area (Å²) in [6, 6.07) is 8.83. The van der Waals surface area contributed by atoms with Gasteiger partial charge in [0, 0.05) is 11.1 Å². The molecular formula is C20H23N3O5. The highest BCUT2D eigenvalue weighted by Gasteiger charge is 2.25. The molecule has 2 amide bonds. The van der Waals surface area contributed by atoms with E-state index in [2.05, 4.69) is 17.2 Å². The van der Waals surface area contributed by atoms with Crippen LogP contribution in [0, 0.1) is 11.8 Å². The Morgan fingerprint density at radius 1 is 1.14 bits per heavy atom. The molecule has 0 aliphatic heterocycles. The van der Waals surface area contributed by atoms with E-state index in [1.807, 2.05) is 25.1 Å². The van der Waals surface area contributed by atoms with Gasteiger partial charge in [-0.2, -0.15) is 0 Å². The van der Waals surface area contributed by atoms with E-state index < -0.39 is 24.0 Å². The number of hydrogen-bond donors (Lipinski definition) is 4. The van der Waals surface area contributed by atoms with Gasteiger partial charge in [-0.15, -0.1) is 0 Å². The van der Waals surface area contributed by atoms with Gasteiger partial charge in [0.2, 0.25) is 0 Å². The number of carbonyl (C=O) groups excluding carboxylic acids is 2. The molecule has 0 fully saturated rings. The molecule has 1 aromatic heterocycles. The molecule has 1 heterocycles. The number of benzene rings is 1. The van der Waals surface area contributed by atoms with Gasteiger partial charge in [0.1, 0.15) is 11.8 Å². The monoisotopic (exact) mass is 385 g/mol. The number of furan rings is 1. The molecule has 1 aromatic carbocycles. The Kier molecular flexibility index (Phi) is 7.35. The van der Waals surface area contributed by atoms with E-state index in [1.54, 1.807) is 30.3 Å².